The average molecular weight is 344 g/mol. The van der Waals surface area contributed by atoms with E-state index >= 15 is 0 Å². The molecule has 1 aromatic carbocycles. The number of aliphatic hydroxyl groups is 1. The van der Waals surface area contributed by atoms with Gasteiger partial charge in [-0.15, -0.1) is 11.3 Å². The second-order valence-electron chi connectivity index (χ2n) is 6.34. The molecule has 1 fully saturated rings. The highest BCUT2D eigenvalue weighted by molar-refractivity contribution is 7.09. The van der Waals surface area contributed by atoms with E-state index in [0.717, 1.165) is 38.0 Å². The zero-order valence-corrected chi connectivity index (χ0v) is 14.5. The van der Waals surface area contributed by atoms with E-state index in [9.17, 15) is 9.90 Å². The maximum absolute atomic E-state index is 12.2. The van der Waals surface area contributed by atoms with E-state index in [1.807, 2.05) is 30.3 Å². The molecule has 1 amide bonds. The fourth-order valence-electron chi connectivity index (χ4n) is 3.09. The average Bonchev–Trinajstić information content (AvgIpc) is 3.10. The predicted octanol–water partition coefficient (Wildman–Crippen LogP) is 2.43. The van der Waals surface area contributed by atoms with E-state index in [0.29, 0.717) is 6.42 Å². The van der Waals surface area contributed by atoms with E-state index in [4.69, 9.17) is 0 Å². The molecule has 1 aliphatic rings. The molecule has 0 bridgehead atoms. The molecule has 2 N–H and O–H groups in total. The van der Waals surface area contributed by atoms with Gasteiger partial charge in [0.1, 0.15) is 6.10 Å². The molecule has 2 aromatic rings. The molecule has 4 nitrogen and oxygen atoms in total. The van der Waals surface area contributed by atoms with Crippen LogP contribution in [0.15, 0.2) is 47.8 Å². The third kappa shape index (κ3) is 4.90. The van der Waals surface area contributed by atoms with Crippen molar-refractivity contribution in [2.45, 2.75) is 38.0 Å². The SMILES string of the molecule is O=C(NC1CCN(Cc2cccs2)CC1)[C@H](O)Cc1ccccc1. The van der Waals surface area contributed by atoms with E-state index in [-0.39, 0.29) is 11.9 Å². The number of nitrogens with one attached hydrogen (secondary N) is 1. The largest absolute Gasteiger partial charge is 0.383 e. The van der Waals surface area contributed by atoms with Gasteiger partial charge in [-0.05, 0) is 29.9 Å². The van der Waals surface area contributed by atoms with Gasteiger partial charge in [0.25, 0.3) is 0 Å². The lowest BCUT2D eigenvalue weighted by atomic mass is 10.0. The third-order valence-electron chi connectivity index (χ3n) is 4.47. The minimum absolute atomic E-state index is 0.169. The third-order valence-corrected chi connectivity index (χ3v) is 5.33. The number of benzene rings is 1. The highest BCUT2D eigenvalue weighted by Gasteiger charge is 2.23. The topological polar surface area (TPSA) is 52.6 Å². The summed E-state index contributed by atoms with van der Waals surface area (Å²) in [5, 5.41) is 15.2. The van der Waals surface area contributed by atoms with Crippen molar-refractivity contribution >= 4 is 17.2 Å². The number of thiophene rings is 1. The second kappa shape index (κ2) is 8.42. The van der Waals surface area contributed by atoms with Crippen molar-refractivity contribution in [3.63, 3.8) is 0 Å². The van der Waals surface area contributed by atoms with Crippen molar-refractivity contribution in [3.05, 3.63) is 58.3 Å². The molecular formula is C19H24N2O2S. The molecular weight excluding hydrogens is 320 g/mol. The molecule has 3 rings (SSSR count). The Morgan fingerprint density at radius 2 is 1.96 bits per heavy atom. The van der Waals surface area contributed by atoms with Crippen molar-refractivity contribution in [3.8, 4) is 0 Å². The maximum Gasteiger partial charge on any atom is 0.249 e. The van der Waals surface area contributed by atoms with Gasteiger partial charge in [-0.3, -0.25) is 9.69 Å². The molecule has 0 radical (unpaired) electrons. The van der Waals surface area contributed by atoms with E-state index in [2.05, 4.69) is 27.7 Å². The van der Waals surface area contributed by atoms with Crippen molar-refractivity contribution < 1.29 is 9.90 Å². The highest BCUT2D eigenvalue weighted by Crippen LogP contribution is 2.17. The Morgan fingerprint density at radius 3 is 2.62 bits per heavy atom. The number of carbonyl (C=O) groups excluding carboxylic acids is 1. The summed E-state index contributed by atoms with van der Waals surface area (Å²) < 4.78 is 0. The van der Waals surface area contributed by atoms with Crippen LogP contribution in [-0.2, 0) is 17.8 Å². The molecule has 0 saturated carbocycles. The summed E-state index contributed by atoms with van der Waals surface area (Å²) in [5.41, 5.74) is 0.978. The first-order chi connectivity index (χ1) is 11.7. The van der Waals surface area contributed by atoms with Crippen molar-refractivity contribution in [2.75, 3.05) is 13.1 Å². The molecule has 24 heavy (non-hydrogen) atoms. The van der Waals surface area contributed by atoms with Gasteiger partial charge in [-0.25, -0.2) is 0 Å². The summed E-state index contributed by atoms with van der Waals surface area (Å²) in [4.78, 5) is 16.0. The lowest BCUT2D eigenvalue weighted by Crippen LogP contribution is -2.47. The van der Waals surface area contributed by atoms with Crippen LogP contribution in [0.1, 0.15) is 23.3 Å². The molecule has 5 heteroatoms. The lowest BCUT2D eigenvalue weighted by molar-refractivity contribution is -0.130. The summed E-state index contributed by atoms with van der Waals surface area (Å²) in [7, 11) is 0. The second-order valence-corrected chi connectivity index (χ2v) is 7.38. The Hall–Kier alpha value is -1.69. The zero-order chi connectivity index (χ0) is 16.8. The molecule has 0 aliphatic carbocycles. The molecule has 0 spiro atoms. The number of nitrogens with zero attached hydrogens (tertiary/aromatic N) is 1. The van der Waals surface area contributed by atoms with Crippen LogP contribution < -0.4 is 5.32 Å². The van der Waals surface area contributed by atoms with Gasteiger partial charge in [-0.2, -0.15) is 0 Å². The van der Waals surface area contributed by atoms with Crippen LogP contribution in [0, 0.1) is 0 Å². The van der Waals surface area contributed by atoms with E-state index < -0.39 is 6.10 Å². The molecule has 1 saturated heterocycles. The number of carbonyl (C=O) groups is 1. The standard InChI is InChI=1S/C19H24N2O2S/c22-18(13-15-5-2-1-3-6-15)19(23)20-16-8-10-21(11-9-16)14-17-7-4-12-24-17/h1-7,12,16,18,22H,8-11,13-14H2,(H,20,23)/t18-/m1/s1. The molecule has 1 aliphatic heterocycles. The van der Waals surface area contributed by atoms with Crippen LogP contribution in [0.2, 0.25) is 0 Å². The van der Waals surface area contributed by atoms with Crippen LogP contribution in [0.25, 0.3) is 0 Å². The van der Waals surface area contributed by atoms with Crippen molar-refractivity contribution in [1.29, 1.82) is 0 Å². The van der Waals surface area contributed by atoms with Gasteiger partial charge in [0.05, 0.1) is 0 Å². The smallest absolute Gasteiger partial charge is 0.249 e. The first kappa shape index (κ1) is 17.1. The Balaban J connectivity index is 1.41. The predicted molar refractivity (Wildman–Crippen MR) is 96.9 cm³/mol. The summed E-state index contributed by atoms with van der Waals surface area (Å²) in [6.45, 7) is 2.96. The fraction of sp³-hybridized carbons (Fsp3) is 0.421. The van der Waals surface area contributed by atoms with Gasteiger partial charge >= 0.3 is 0 Å². The van der Waals surface area contributed by atoms with Crippen molar-refractivity contribution in [2.24, 2.45) is 0 Å². The molecule has 0 unspecified atom stereocenters. The Bertz CT molecular complexity index is 622. The van der Waals surface area contributed by atoms with Crippen LogP contribution in [0.5, 0.6) is 0 Å². The molecule has 1 aromatic heterocycles. The number of aliphatic hydroxyl groups excluding tert-OH is 1. The zero-order valence-electron chi connectivity index (χ0n) is 13.7. The van der Waals surface area contributed by atoms with Crippen LogP contribution in [0.4, 0.5) is 0 Å². The van der Waals surface area contributed by atoms with E-state index in [1.54, 1.807) is 11.3 Å². The Labute approximate surface area is 147 Å². The maximum atomic E-state index is 12.2. The van der Waals surface area contributed by atoms with E-state index in [1.165, 1.54) is 4.88 Å². The summed E-state index contributed by atoms with van der Waals surface area (Å²) >= 11 is 1.79. The van der Waals surface area contributed by atoms with Gasteiger partial charge in [0.2, 0.25) is 5.91 Å². The first-order valence-electron chi connectivity index (χ1n) is 8.48. The number of hydrogen-bond donors (Lipinski definition) is 2. The van der Waals surface area contributed by atoms with Crippen molar-refractivity contribution in [1.82, 2.24) is 10.2 Å². The molecule has 2 heterocycles. The number of amides is 1. The normalized spacial score (nSPS) is 17.5. The van der Waals surface area contributed by atoms with Gasteiger partial charge in [0.15, 0.2) is 0 Å². The Morgan fingerprint density at radius 1 is 1.21 bits per heavy atom. The minimum atomic E-state index is -0.975. The summed E-state index contributed by atoms with van der Waals surface area (Å²) in [6.07, 6.45) is 1.27. The first-order valence-corrected chi connectivity index (χ1v) is 9.36. The number of rotatable bonds is 6. The van der Waals surface area contributed by atoms with Crippen LogP contribution >= 0.6 is 11.3 Å². The quantitative estimate of drug-likeness (QED) is 0.846. The summed E-state index contributed by atoms with van der Waals surface area (Å²) in [5.74, 6) is -0.254. The monoisotopic (exact) mass is 344 g/mol. The van der Waals surface area contributed by atoms with Gasteiger partial charge in [0, 0.05) is 37.0 Å². The van der Waals surface area contributed by atoms with Gasteiger partial charge < -0.3 is 10.4 Å². The van der Waals surface area contributed by atoms with Crippen LogP contribution in [0.3, 0.4) is 0 Å². The number of hydrogen-bond acceptors (Lipinski definition) is 4. The van der Waals surface area contributed by atoms with Gasteiger partial charge in [-0.1, -0.05) is 36.4 Å². The minimum Gasteiger partial charge on any atom is -0.383 e. The Kier molecular flexibility index (Phi) is 6.01. The van der Waals surface area contributed by atoms with Crippen LogP contribution in [-0.4, -0.2) is 41.1 Å². The lowest BCUT2D eigenvalue weighted by Gasteiger charge is -2.32. The molecule has 1 atom stereocenters. The number of piperidine rings is 1. The fourth-order valence-corrected chi connectivity index (χ4v) is 3.83. The highest BCUT2D eigenvalue weighted by atomic mass is 32.1. The summed E-state index contributed by atoms with van der Waals surface area (Å²) in [6, 6.07) is 14.0. The number of likely N-dealkylation sites (tertiary alicyclic amines) is 1. The molecule has 128 valence electrons.